The van der Waals surface area contributed by atoms with Crippen LogP contribution < -0.4 is 0 Å². The highest BCUT2D eigenvalue weighted by atomic mass is 16.6. The van der Waals surface area contributed by atoms with E-state index in [0.717, 1.165) is 6.08 Å². The molecule has 1 atom stereocenters. The van der Waals surface area contributed by atoms with Crippen LogP contribution in [-0.4, -0.2) is 21.6 Å². The third-order valence-electron chi connectivity index (χ3n) is 2.46. The number of rotatable bonds is 1. The van der Waals surface area contributed by atoms with Gasteiger partial charge >= 0.3 is 0 Å². The van der Waals surface area contributed by atoms with Gasteiger partial charge in [-0.1, -0.05) is 5.57 Å². The van der Waals surface area contributed by atoms with Gasteiger partial charge in [0.25, 0.3) is 11.6 Å². The van der Waals surface area contributed by atoms with Gasteiger partial charge in [-0.25, -0.2) is 4.99 Å². The molecule has 1 amide bonds. The fourth-order valence-electron chi connectivity index (χ4n) is 1.69. The fourth-order valence-corrected chi connectivity index (χ4v) is 1.69. The normalized spacial score (nSPS) is 23.8. The highest BCUT2D eigenvalue weighted by Gasteiger charge is 2.31. The molecule has 1 aliphatic carbocycles. The summed E-state index contributed by atoms with van der Waals surface area (Å²) in [4.78, 5) is 24.8. The number of nitrogens with zero attached hydrogens (tertiary/aromatic N) is 2. The topological polar surface area (TPSA) is 92.8 Å². The molecule has 0 bridgehead atoms. The lowest BCUT2D eigenvalue weighted by molar-refractivity contribution is -0.419. The third kappa shape index (κ3) is 1.54. The number of hydrogen-bond acceptors (Lipinski definition) is 4. The number of aliphatic hydroxyl groups excluding tert-OH is 1. The molecule has 0 spiro atoms. The van der Waals surface area contributed by atoms with Crippen LogP contribution in [0, 0.1) is 16.0 Å². The number of hydrogen-bond donors (Lipinski definition) is 1. The monoisotopic (exact) mass is 220 g/mol. The van der Waals surface area contributed by atoms with Crippen LogP contribution in [0.5, 0.6) is 0 Å². The van der Waals surface area contributed by atoms with Crippen molar-refractivity contribution in [1.82, 2.24) is 0 Å². The van der Waals surface area contributed by atoms with Gasteiger partial charge in [-0.15, -0.1) is 0 Å². The Hall–Kier alpha value is -2.24. The molecule has 0 saturated carbocycles. The lowest BCUT2D eigenvalue weighted by Crippen LogP contribution is -2.26. The molecule has 0 saturated heterocycles. The molecule has 1 N–H and O–H groups in total. The fraction of sp³-hybridized carbons (Fsp3) is 0.200. The van der Waals surface area contributed by atoms with E-state index < -0.39 is 16.7 Å². The second-order valence-electron chi connectivity index (χ2n) is 3.58. The van der Waals surface area contributed by atoms with Gasteiger partial charge in [0.05, 0.1) is 22.6 Å². The maximum absolute atomic E-state index is 11.1. The first kappa shape index (κ1) is 10.3. The zero-order chi connectivity index (χ0) is 11.9. The van der Waals surface area contributed by atoms with Crippen LogP contribution in [-0.2, 0) is 4.79 Å². The second-order valence-corrected chi connectivity index (χ2v) is 3.58. The van der Waals surface area contributed by atoms with E-state index in [1.165, 1.54) is 12.2 Å². The van der Waals surface area contributed by atoms with Gasteiger partial charge < -0.3 is 5.11 Å². The van der Waals surface area contributed by atoms with Crippen molar-refractivity contribution < 1.29 is 14.8 Å². The Balaban J connectivity index is 2.51. The average molecular weight is 220 g/mol. The van der Waals surface area contributed by atoms with Gasteiger partial charge in [-0.2, -0.15) is 0 Å². The standard InChI is InChI=1S/C10H8N2O4/c1-5-2-9(14)11-10-7(5)3-6(12(15)16)4-8(10)13/h2-4,7,13H,1H3. The summed E-state index contributed by atoms with van der Waals surface area (Å²) in [6.07, 6.45) is 3.68. The second kappa shape index (κ2) is 3.41. The van der Waals surface area contributed by atoms with Crippen LogP contribution in [0.15, 0.2) is 40.2 Å². The summed E-state index contributed by atoms with van der Waals surface area (Å²) >= 11 is 0. The Labute approximate surface area is 90.4 Å². The van der Waals surface area contributed by atoms with Gasteiger partial charge in [-0.3, -0.25) is 14.9 Å². The minimum atomic E-state index is -0.587. The Kier molecular flexibility index (Phi) is 2.19. The molecule has 0 fully saturated rings. The highest BCUT2D eigenvalue weighted by molar-refractivity contribution is 6.13. The molecule has 0 radical (unpaired) electrons. The summed E-state index contributed by atoms with van der Waals surface area (Å²) < 4.78 is 0. The molecule has 0 aromatic rings. The SMILES string of the molecule is CC1=CC(=O)N=C2C(O)=CC([N+](=O)[O-])=CC12. The van der Waals surface area contributed by atoms with E-state index in [-0.39, 0.29) is 17.2 Å². The summed E-state index contributed by atoms with van der Waals surface area (Å²) in [5.41, 5.74) is 0.619. The maximum Gasteiger partial charge on any atom is 0.270 e. The van der Waals surface area contributed by atoms with E-state index in [2.05, 4.69) is 4.99 Å². The Morgan fingerprint density at radius 3 is 2.81 bits per heavy atom. The lowest BCUT2D eigenvalue weighted by Gasteiger charge is -2.21. The third-order valence-corrected chi connectivity index (χ3v) is 2.46. The van der Waals surface area contributed by atoms with Crippen molar-refractivity contribution >= 4 is 11.6 Å². The number of aliphatic hydroxyl groups is 1. The quantitative estimate of drug-likeness (QED) is 0.529. The van der Waals surface area contributed by atoms with Crippen LogP contribution in [0.2, 0.25) is 0 Å². The van der Waals surface area contributed by atoms with Crippen molar-refractivity contribution in [3.05, 3.63) is 45.4 Å². The van der Waals surface area contributed by atoms with Gasteiger partial charge in [0, 0.05) is 12.2 Å². The molecular weight excluding hydrogens is 212 g/mol. The maximum atomic E-state index is 11.1. The summed E-state index contributed by atoms with van der Waals surface area (Å²) in [5.74, 6) is -1.26. The van der Waals surface area contributed by atoms with Crippen molar-refractivity contribution in [2.75, 3.05) is 0 Å². The van der Waals surface area contributed by atoms with Crippen LogP contribution in [0.25, 0.3) is 0 Å². The van der Waals surface area contributed by atoms with Crippen LogP contribution in [0.3, 0.4) is 0 Å². The van der Waals surface area contributed by atoms with Gasteiger partial charge in [0.15, 0.2) is 0 Å². The van der Waals surface area contributed by atoms with Crippen LogP contribution in [0.4, 0.5) is 0 Å². The van der Waals surface area contributed by atoms with Gasteiger partial charge in [-0.05, 0) is 6.92 Å². The van der Waals surface area contributed by atoms with E-state index in [1.807, 2.05) is 0 Å². The smallest absolute Gasteiger partial charge is 0.270 e. The molecule has 82 valence electrons. The first-order chi connectivity index (χ1) is 7.49. The number of nitro groups is 1. The van der Waals surface area contributed by atoms with Crippen LogP contribution >= 0.6 is 0 Å². The van der Waals surface area contributed by atoms with E-state index in [1.54, 1.807) is 6.92 Å². The predicted molar refractivity (Wildman–Crippen MR) is 55.5 cm³/mol. The van der Waals surface area contributed by atoms with E-state index in [4.69, 9.17) is 0 Å². The van der Waals surface area contributed by atoms with Gasteiger partial charge in [0.2, 0.25) is 0 Å². The molecule has 2 aliphatic rings. The number of fused-ring (bicyclic) bond motifs is 1. The van der Waals surface area contributed by atoms with Crippen molar-refractivity contribution in [1.29, 1.82) is 0 Å². The summed E-state index contributed by atoms with van der Waals surface area (Å²) in [5, 5.41) is 20.2. The number of amides is 1. The van der Waals surface area contributed by atoms with E-state index in [9.17, 15) is 20.0 Å². The molecule has 0 aromatic heterocycles. The van der Waals surface area contributed by atoms with Crippen molar-refractivity contribution in [2.45, 2.75) is 6.92 Å². The number of carbonyl (C=O) groups is 1. The van der Waals surface area contributed by atoms with Crippen molar-refractivity contribution in [3.8, 4) is 0 Å². The van der Waals surface area contributed by atoms with Gasteiger partial charge in [0.1, 0.15) is 5.76 Å². The first-order valence-corrected chi connectivity index (χ1v) is 4.57. The lowest BCUT2D eigenvalue weighted by atomic mass is 9.87. The summed E-state index contributed by atoms with van der Waals surface area (Å²) in [6.45, 7) is 1.67. The van der Waals surface area contributed by atoms with Crippen molar-refractivity contribution in [2.24, 2.45) is 10.9 Å². The predicted octanol–water partition coefficient (Wildman–Crippen LogP) is 1.15. The summed E-state index contributed by atoms with van der Waals surface area (Å²) in [6, 6.07) is 0. The van der Waals surface area contributed by atoms with E-state index in [0.29, 0.717) is 5.57 Å². The summed E-state index contributed by atoms with van der Waals surface area (Å²) in [7, 11) is 0. The minimum Gasteiger partial charge on any atom is -0.506 e. The first-order valence-electron chi connectivity index (χ1n) is 4.57. The number of allylic oxidation sites excluding steroid dienone is 4. The van der Waals surface area contributed by atoms with Crippen molar-refractivity contribution in [3.63, 3.8) is 0 Å². The molecule has 0 aromatic carbocycles. The Morgan fingerprint density at radius 2 is 2.19 bits per heavy atom. The largest absolute Gasteiger partial charge is 0.506 e. The molecule has 16 heavy (non-hydrogen) atoms. The van der Waals surface area contributed by atoms with Crippen LogP contribution in [0.1, 0.15) is 6.92 Å². The molecule has 6 nitrogen and oxygen atoms in total. The Morgan fingerprint density at radius 1 is 1.50 bits per heavy atom. The average Bonchev–Trinajstić information content (AvgIpc) is 2.19. The molecular formula is C10H8N2O4. The number of carbonyl (C=O) groups excluding carboxylic acids is 1. The number of dihydropyridines is 1. The number of aliphatic imine (C=N–C) groups is 1. The molecule has 1 aliphatic heterocycles. The molecule has 6 heteroatoms. The molecule has 2 rings (SSSR count). The Bertz CT molecular complexity index is 511. The highest BCUT2D eigenvalue weighted by Crippen LogP contribution is 2.28. The zero-order valence-electron chi connectivity index (χ0n) is 8.38. The molecule has 1 unspecified atom stereocenters. The van der Waals surface area contributed by atoms with E-state index >= 15 is 0 Å². The minimum absolute atomic E-state index is 0.176. The zero-order valence-corrected chi connectivity index (χ0v) is 8.38. The molecule has 1 heterocycles.